The molecule has 1 aliphatic carbocycles. The SMILES string of the molecule is CN=C(NCc1ccc(N(C)C)cc1C)N1CCN(CC(=O)NC2CC2)CC1. The minimum Gasteiger partial charge on any atom is -0.378 e. The summed E-state index contributed by atoms with van der Waals surface area (Å²) in [6.07, 6.45) is 2.28. The van der Waals surface area contributed by atoms with Crippen molar-refractivity contribution in [2.24, 2.45) is 4.99 Å². The van der Waals surface area contributed by atoms with Crippen LogP contribution in [0.25, 0.3) is 0 Å². The highest BCUT2D eigenvalue weighted by atomic mass is 16.2. The zero-order valence-electron chi connectivity index (χ0n) is 17.7. The van der Waals surface area contributed by atoms with E-state index >= 15 is 0 Å². The van der Waals surface area contributed by atoms with Crippen LogP contribution in [-0.2, 0) is 11.3 Å². The molecule has 7 heteroatoms. The molecule has 1 aliphatic heterocycles. The minimum absolute atomic E-state index is 0.162. The van der Waals surface area contributed by atoms with Gasteiger partial charge >= 0.3 is 0 Å². The van der Waals surface area contributed by atoms with Crippen molar-refractivity contribution >= 4 is 17.6 Å². The first-order valence-electron chi connectivity index (χ1n) is 10.2. The Labute approximate surface area is 168 Å². The Morgan fingerprint density at radius 3 is 2.50 bits per heavy atom. The maximum absolute atomic E-state index is 12.0. The number of carbonyl (C=O) groups is 1. The van der Waals surface area contributed by atoms with E-state index in [4.69, 9.17) is 0 Å². The highest BCUT2D eigenvalue weighted by Gasteiger charge is 2.25. The van der Waals surface area contributed by atoms with Crippen LogP contribution in [0, 0.1) is 6.92 Å². The Morgan fingerprint density at radius 2 is 1.93 bits per heavy atom. The first-order valence-corrected chi connectivity index (χ1v) is 10.2. The predicted molar refractivity (Wildman–Crippen MR) is 115 cm³/mol. The number of aryl methyl sites for hydroxylation is 1. The Hall–Kier alpha value is -2.28. The summed E-state index contributed by atoms with van der Waals surface area (Å²) in [4.78, 5) is 23.1. The number of carbonyl (C=O) groups excluding carboxylic acids is 1. The van der Waals surface area contributed by atoms with Gasteiger partial charge in [0.2, 0.25) is 5.91 Å². The van der Waals surface area contributed by atoms with E-state index in [1.165, 1.54) is 16.8 Å². The molecule has 0 bridgehead atoms. The Kier molecular flexibility index (Phi) is 6.78. The predicted octanol–water partition coefficient (Wildman–Crippen LogP) is 1.03. The van der Waals surface area contributed by atoms with Crippen LogP contribution >= 0.6 is 0 Å². The zero-order chi connectivity index (χ0) is 20.1. The standard InChI is InChI=1S/C21H34N6O/c1-16-13-19(25(3)4)8-5-17(16)14-23-21(22-2)27-11-9-26(10-12-27)15-20(28)24-18-6-7-18/h5,8,13,18H,6-7,9-12,14-15H2,1-4H3,(H,22,23)(H,24,28). The topological polar surface area (TPSA) is 63.2 Å². The third-order valence-electron chi connectivity index (χ3n) is 5.47. The number of hydrogen-bond donors (Lipinski definition) is 2. The van der Waals surface area contributed by atoms with Crippen LogP contribution in [0.4, 0.5) is 5.69 Å². The second kappa shape index (κ2) is 9.28. The van der Waals surface area contributed by atoms with Crippen molar-refractivity contribution in [3.63, 3.8) is 0 Å². The van der Waals surface area contributed by atoms with Gasteiger partial charge in [-0.3, -0.25) is 14.7 Å². The van der Waals surface area contributed by atoms with E-state index in [-0.39, 0.29) is 5.91 Å². The van der Waals surface area contributed by atoms with E-state index in [1.54, 1.807) is 0 Å². The number of hydrogen-bond acceptors (Lipinski definition) is 4. The summed E-state index contributed by atoms with van der Waals surface area (Å²) in [5.74, 6) is 1.09. The highest BCUT2D eigenvalue weighted by Crippen LogP contribution is 2.19. The van der Waals surface area contributed by atoms with E-state index in [9.17, 15) is 4.79 Å². The number of piperazine rings is 1. The lowest BCUT2D eigenvalue weighted by atomic mass is 10.1. The Balaban J connectivity index is 1.46. The quantitative estimate of drug-likeness (QED) is 0.565. The molecule has 0 radical (unpaired) electrons. The Morgan fingerprint density at radius 1 is 1.21 bits per heavy atom. The molecule has 0 unspecified atom stereocenters. The van der Waals surface area contributed by atoms with E-state index < -0.39 is 0 Å². The lowest BCUT2D eigenvalue weighted by Gasteiger charge is -2.36. The molecular formula is C21H34N6O. The molecule has 3 rings (SSSR count). The van der Waals surface area contributed by atoms with Gasteiger partial charge in [-0.2, -0.15) is 0 Å². The zero-order valence-corrected chi connectivity index (χ0v) is 17.7. The molecule has 0 spiro atoms. The molecule has 2 aliphatic rings. The second-order valence-corrected chi connectivity index (χ2v) is 8.01. The first-order chi connectivity index (χ1) is 13.5. The van der Waals surface area contributed by atoms with Crippen molar-refractivity contribution < 1.29 is 4.79 Å². The fourth-order valence-corrected chi connectivity index (χ4v) is 3.48. The fraction of sp³-hybridized carbons (Fsp3) is 0.619. The summed E-state index contributed by atoms with van der Waals surface area (Å²) in [5.41, 5.74) is 3.77. The average Bonchev–Trinajstić information content (AvgIpc) is 3.48. The van der Waals surface area contributed by atoms with Crippen molar-refractivity contribution in [2.75, 3.05) is 58.8 Å². The van der Waals surface area contributed by atoms with Crippen molar-refractivity contribution in [1.29, 1.82) is 0 Å². The van der Waals surface area contributed by atoms with Gasteiger partial charge in [0.15, 0.2) is 5.96 Å². The molecule has 2 N–H and O–H groups in total. The van der Waals surface area contributed by atoms with Gasteiger partial charge in [-0.15, -0.1) is 0 Å². The summed E-state index contributed by atoms with van der Waals surface area (Å²) in [5, 5.41) is 6.57. The number of anilines is 1. The number of amides is 1. The summed E-state index contributed by atoms with van der Waals surface area (Å²) in [6.45, 7) is 6.96. The van der Waals surface area contributed by atoms with E-state index in [2.05, 4.69) is 69.5 Å². The smallest absolute Gasteiger partial charge is 0.234 e. The van der Waals surface area contributed by atoms with Gasteiger partial charge in [0.05, 0.1) is 6.54 Å². The third kappa shape index (κ3) is 5.61. The first kappa shape index (κ1) is 20.5. The van der Waals surface area contributed by atoms with E-state index in [0.717, 1.165) is 51.5 Å². The summed E-state index contributed by atoms with van der Waals surface area (Å²) >= 11 is 0. The van der Waals surface area contributed by atoms with Gasteiger partial charge in [-0.25, -0.2) is 0 Å². The number of benzene rings is 1. The molecule has 0 atom stereocenters. The van der Waals surface area contributed by atoms with Gasteiger partial charge in [0.1, 0.15) is 0 Å². The highest BCUT2D eigenvalue weighted by molar-refractivity contribution is 5.80. The van der Waals surface area contributed by atoms with E-state index in [1.807, 2.05) is 7.05 Å². The van der Waals surface area contributed by atoms with Gasteiger partial charge in [-0.05, 0) is 43.0 Å². The van der Waals surface area contributed by atoms with E-state index in [0.29, 0.717) is 12.6 Å². The third-order valence-corrected chi connectivity index (χ3v) is 5.47. The van der Waals surface area contributed by atoms with Crippen LogP contribution in [0.15, 0.2) is 23.2 Å². The largest absolute Gasteiger partial charge is 0.378 e. The second-order valence-electron chi connectivity index (χ2n) is 8.01. The van der Waals surface area contributed by atoms with Gasteiger partial charge in [0.25, 0.3) is 0 Å². The summed E-state index contributed by atoms with van der Waals surface area (Å²) < 4.78 is 0. The molecule has 1 saturated heterocycles. The van der Waals surface area contributed by atoms with Crippen molar-refractivity contribution in [1.82, 2.24) is 20.4 Å². The van der Waals surface area contributed by atoms with Crippen molar-refractivity contribution in [2.45, 2.75) is 32.4 Å². The molecule has 0 aromatic heterocycles. The molecule has 1 amide bonds. The molecule has 1 aromatic rings. The summed E-state index contributed by atoms with van der Waals surface area (Å²) in [6, 6.07) is 6.98. The van der Waals surface area contributed by atoms with Crippen LogP contribution < -0.4 is 15.5 Å². The van der Waals surface area contributed by atoms with Gasteiger partial charge < -0.3 is 20.4 Å². The molecule has 7 nitrogen and oxygen atoms in total. The lowest BCUT2D eigenvalue weighted by molar-refractivity contribution is -0.122. The normalized spacial score (nSPS) is 18.1. The molecule has 28 heavy (non-hydrogen) atoms. The van der Waals surface area contributed by atoms with Crippen LogP contribution in [0.1, 0.15) is 24.0 Å². The number of nitrogens with one attached hydrogen (secondary N) is 2. The van der Waals surface area contributed by atoms with Crippen LogP contribution in [0.2, 0.25) is 0 Å². The monoisotopic (exact) mass is 386 g/mol. The van der Waals surface area contributed by atoms with Gasteiger partial charge in [0, 0.05) is 65.6 Å². The molecule has 154 valence electrons. The number of aliphatic imine (C=N–C) groups is 1. The molecule has 1 heterocycles. The lowest BCUT2D eigenvalue weighted by Crippen LogP contribution is -2.54. The van der Waals surface area contributed by atoms with Crippen LogP contribution in [-0.4, -0.2) is 81.6 Å². The average molecular weight is 387 g/mol. The summed E-state index contributed by atoms with van der Waals surface area (Å²) in [7, 11) is 5.95. The molecule has 1 aromatic carbocycles. The van der Waals surface area contributed by atoms with Crippen molar-refractivity contribution in [3.8, 4) is 0 Å². The maximum atomic E-state index is 12.0. The minimum atomic E-state index is 0.162. The number of rotatable bonds is 6. The number of guanidine groups is 1. The Bertz CT molecular complexity index is 705. The van der Waals surface area contributed by atoms with Crippen LogP contribution in [0.3, 0.4) is 0 Å². The molecule has 1 saturated carbocycles. The van der Waals surface area contributed by atoms with Crippen molar-refractivity contribution in [3.05, 3.63) is 29.3 Å². The van der Waals surface area contributed by atoms with Gasteiger partial charge in [-0.1, -0.05) is 6.07 Å². The maximum Gasteiger partial charge on any atom is 0.234 e. The van der Waals surface area contributed by atoms with Crippen LogP contribution in [0.5, 0.6) is 0 Å². The molecular weight excluding hydrogens is 352 g/mol. The molecule has 2 fully saturated rings. The number of nitrogens with zero attached hydrogens (tertiary/aromatic N) is 4. The fourth-order valence-electron chi connectivity index (χ4n) is 3.48.